The van der Waals surface area contributed by atoms with Crippen molar-refractivity contribution in [2.24, 2.45) is 5.73 Å². The van der Waals surface area contributed by atoms with Crippen LogP contribution in [-0.4, -0.2) is 28.9 Å². The van der Waals surface area contributed by atoms with Crippen molar-refractivity contribution >= 4 is 17.7 Å². The summed E-state index contributed by atoms with van der Waals surface area (Å²) in [5.41, 5.74) is 4.90. The Morgan fingerprint density at radius 2 is 2.23 bits per heavy atom. The van der Waals surface area contributed by atoms with Crippen molar-refractivity contribution in [3.63, 3.8) is 0 Å². The van der Waals surface area contributed by atoms with Crippen molar-refractivity contribution in [1.82, 2.24) is 4.90 Å². The number of hydrogen-bond acceptors (Lipinski definition) is 3. The van der Waals surface area contributed by atoms with Gasteiger partial charge in [-0.25, -0.2) is 0 Å². The highest BCUT2D eigenvalue weighted by atomic mass is 32.2. The van der Waals surface area contributed by atoms with E-state index < -0.39 is 24.0 Å². The van der Waals surface area contributed by atoms with Crippen molar-refractivity contribution in [1.29, 1.82) is 0 Å². The van der Waals surface area contributed by atoms with Crippen molar-refractivity contribution in [2.45, 2.75) is 11.6 Å². The van der Waals surface area contributed by atoms with Gasteiger partial charge in [0.2, 0.25) is 0 Å². The Balaban J connectivity index is 2.59. The van der Waals surface area contributed by atoms with E-state index in [0.29, 0.717) is 0 Å². The van der Waals surface area contributed by atoms with Crippen LogP contribution < -0.4 is 5.73 Å². The summed E-state index contributed by atoms with van der Waals surface area (Å²) in [6, 6.07) is 0. The molecule has 1 rings (SSSR count). The number of primary amides is 1. The SMILES string of the molecule is NC(=O)C1SC=CN1CC(F)(F)F. The van der Waals surface area contributed by atoms with Gasteiger partial charge in [0, 0.05) is 6.20 Å². The molecule has 0 aromatic heterocycles. The topological polar surface area (TPSA) is 46.3 Å². The molecule has 0 saturated heterocycles. The van der Waals surface area contributed by atoms with Gasteiger partial charge in [-0.15, -0.1) is 0 Å². The number of alkyl halides is 3. The van der Waals surface area contributed by atoms with E-state index in [-0.39, 0.29) is 0 Å². The third-order valence-corrected chi connectivity index (χ3v) is 2.41. The first kappa shape index (κ1) is 10.2. The minimum absolute atomic E-state index is 0.765. The molecule has 1 atom stereocenters. The lowest BCUT2D eigenvalue weighted by Gasteiger charge is -2.22. The number of hydrogen-bond donors (Lipinski definition) is 1. The largest absolute Gasteiger partial charge is 0.405 e. The zero-order valence-electron chi connectivity index (χ0n) is 6.41. The molecule has 1 amide bonds. The zero-order valence-corrected chi connectivity index (χ0v) is 7.23. The molecule has 0 bridgehead atoms. The molecule has 0 radical (unpaired) electrons. The number of amides is 1. The van der Waals surface area contributed by atoms with Crippen LogP contribution in [0.5, 0.6) is 0 Å². The van der Waals surface area contributed by atoms with E-state index in [2.05, 4.69) is 0 Å². The molecule has 0 aromatic rings. The highest BCUT2D eigenvalue weighted by Crippen LogP contribution is 2.28. The number of nitrogens with zero attached hydrogens (tertiary/aromatic N) is 1. The summed E-state index contributed by atoms with van der Waals surface area (Å²) in [6.07, 6.45) is -3.10. The third-order valence-electron chi connectivity index (χ3n) is 1.37. The summed E-state index contributed by atoms with van der Waals surface area (Å²) in [5, 5.41) is 0.489. The van der Waals surface area contributed by atoms with Crippen molar-refractivity contribution in [3.8, 4) is 0 Å². The molecular weight excluding hydrogens is 205 g/mol. The maximum absolute atomic E-state index is 11.9. The fourth-order valence-corrected chi connectivity index (χ4v) is 1.73. The quantitative estimate of drug-likeness (QED) is 0.739. The Hall–Kier alpha value is -0.850. The molecule has 13 heavy (non-hydrogen) atoms. The maximum Gasteiger partial charge on any atom is 0.405 e. The predicted molar refractivity (Wildman–Crippen MR) is 42.5 cm³/mol. The van der Waals surface area contributed by atoms with Crippen molar-refractivity contribution in [3.05, 3.63) is 11.6 Å². The van der Waals surface area contributed by atoms with Crippen LogP contribution in [0, 0.1) is 0 Å². The first-order valence-electron chi connectivity index (χ1n) is 3.34. The van der Waals surface area contributed by atoms with E-state index in [1.807, 2.05) is 0 Å². The first-order valence-corrected chi connectivity index (χ1v) is 4.28. The van der Waals surface area contributed by atoms with Crippen LogP contribution >= 0.6 is 11.8 Å². The number of rotatable bonds is 2. The van der Waals surface area contributed by atoms with Crippen LogP contribution in [0.2, 0.25) is 0 Å². The second kappa shape index (κ2) is 3.49. The fraction of sp³-hybridized carbons (Fsp3) is 0.500. The second-order valence-electron chi connectivity index (χ2n) is 2.46. The van der Waals surface area contributed by atoms with E-state index >= 15 is 0 Å². The molecule has 3 nitrogen and oxygen atoms in total. The van der Waals surface area contributed by atoms with Crippen LogP contribution in [-0.2, 0) is 4.79 Å². The number of halogens is 3. The number of carbonyl (C=O) groups is 1. The summed E-state index contributed by atoms with van der Waals surface area (Å²) in [7, 11) is 0. The fourth-order valence-electron chi connectivity index (χ4n) is 0.917. The molecule has 1 unspecified atom stereocenters. The number of nitrogens with two attached hydrogens (primary N) is 1. The molecule has 0 aliphatic carbocycles. The van der Waals surface area contributed by atoms with Crippen LogP contribution in [0.1, 0.15) is 0 Å². The van der Waals surface area contributed by atoms with Crippen LogP contribution in [0.3, 0.4) is 0 Å². The number of carbonyl (C=O) groups excluding carboxylic acids is 1. The smallest absolute Gasteiger partial charge is 0.367 e. The van der Waals surface area contributed by atoms with Gasteiger partial charge in [-0.05, 0) is 5.41 Å². The van der Waals surface area contributed by atoms with E-state index in [9.17, 15) is 18.0 Å². The lowest BCUT2D eigenvalue weighted by atomic mass is 10.4. The molecule has 0 saturated carbocycles. The standard InChI is InChI=1S/C6H7F3N2OS/c7-6(8,9)3-11-1-2-13-5(11)4(10)12/h1-2,5H,3H2,(H2,10,12). The molecule has 1 heterocycles. The summed E-state index contributed by atoms with van der Waals surface area (Å²) in [6.45, 7) is -1.15. The first-order chi connectivity index (χ1) is 5.90. The highest BCUT2D eigenvalue weighted by molar-refractivity contribution is 8.03. The molecule has 1 aliphatic heterocycles. The summed E-state index contributed by atoms with van der Waals surface area (Å²) in [5.74, 6) is -0.765. The molecule has 7 heteroatoms. The Morgan fingerprint density at radius 3 is 2.69 bits per heavy atom. The summed E-state index contributed by atoms with van der Waals surface area (Å²) in [4.78, 5) is 11.5. The van der Waals surface area contributed by atoms with Gasteiger partial charge in [0.1, 0.15) is 6.54 Å². The summed E-state index contributed by atoms with van der Waals surface area (Å²) >= 11 is 0.970. The zero-order chi connectivity index (χ0) is 10.1. The predicted octanol–water partition coefficient (Wildman–Crippen LogP) is 0.880. The van der Waals surface area contributed by atoms with Gasteiger partial charge in [0.25, 0.3) is 5.91 Å². The van der Waals surface area contributed by atoms with Crippen LogP contribution in [0.15, 0.2) is 11.6 Å². The Bertz CT molecular complexity index is 241. The highest BCUT2D eigenvalue weighted by Gasteiger charge is 2.36. The summed E-state index contributed by atoms with van der Waals surface area (Å²) < 4.78 is 35.7. The van der Waals surface area contributed by atoms with Crippen LogP contribution in [0.4, 0.5) is 13.2 Å². The Kier molecular flexibility index (Phi) is 2.74. The minimum Gasteiger partial charge on any atom is -0.367 e. The lowest BCUT2D eigenvalue weighted by Crippen LogP contribution is -2.41. The average molecular weight is 212 g/mol. The average Bonchev–Trinajstić information content (AvgIpc) is 2.31. The second-order valence-corrected chi connectivity index (χ2v) is 3.45. The molecule has 0 aromatic carbocycles. The van der Waals surface area contributed by atoms with Gasteiger partial charge >= 0.3 is 6.18 Å². The third kappa shape index (κ3) is 2.83. The lowest BCUT2D eigenvalue weighted by molar-refractivity contribution is -0.144. The van der Waals surface area contributed by atoms with E-state index in [1.165, 1.54) is 11.6 Å². The van der Waals surface area contributed by atoms with Gasteiger partial charge in [-0.2, -0.15) is 13.2 Å². The Morgan fingerprint density at radius 1 is 1.62 bits per heavy atom. The maximum atomic E-state index is 11.9. The molecule has 0 fully saturated rings. The van der Waals surface area contributed by atoms with Gasteiger partial charge < -0.3 is 10.6 Å². The van der Waals surface area contributed by atoms with Crippen molar-refractivity contribution < 1.29 is 18.0 Å². The molecule has 1 aliphatic rings. The van der Waals surface area contributed by atoms with Crippen LogP contribution in [0.25, 0.3) is 0 Å². The van der Waals surface area contributed by atoms with Gasteiger partial charge in [0.15, 0.2) is 5.37 Å². The molecule has 0 spiro atoms. The Labute approximate surface area is 76.7 Å². The normalized spacial score (nSPS) is 22.4. The van der Waals surface area contributed by atoms with Gasteiger partial charge in [-0.1, -0.05) is 11.8 Å². The van der Waals surface area contributed by atoms with E-state index in [0.717, 1.165) is 16.7 Å². The molecule has 74 valence electrons. The van der Waals surface area contributed by atoms with E-state index in [1.54, 1.807) is 0 Å². The van der Waals surface area contributed by atoms with E-state index in [4.69, 9.17) is 5.73 Å². The monoisotopic (exact) mass is 212 g/mol. The number of thioether (sulfide) groups is 1. The van der Waals surface area contributed by atoms with Gasteiger partial charge in [0.05, 0.1) is 0 Å². The molecular formula is C6H7F3N2OS. The van der Waals surface area contributed by atoms with Crippen molar-refractivity contribution in [2.75, 3.05) is 6.54 Å². The minimum atomic E-state index is -4.32. The molecule has 2 N–H and O–H groups in total. The van der Waals surface area contributed by atoms with Gasteiger partial charge in [-0.3, -0.25) is 4.79 Å².